The van der Waals surface area contributed by atoms with E-state index in [2.05, 4.69) is 4.99 Å². The van der Waals surface area contributed by atoms with Gasteiger partial charge in [0.25, 0.3) is 0 Å². The second-order valence-corrected chi connectivity index (χ2v) is 2.80. The molecule has 5 heteroatoms. The molecule has 2 nitrogen and oxygen atoms in total. The van der Waals surface area contributed by atoms with Gasteiger partial charge in [-0.3, -0.25) is 0 Å². The summed E-state index contributed by atoms with van der Waals surface area (Å²) in [4.78, 5) is 3.81. The number of nitrogens with zero attached hydrogens (tertiary/aromatic N) is 1. The van der Waals surface area contributed by atoms with Gasteiger partial charge in [-0.15, -0.1) is 23.2 Å². The molecule has 0 unspecified atom stereocenters. The monoisotopic (exact) mass is 214 g/mol. The second-order valence-electron chi connectivity index (χ2n) is 1.72. The van der Waals surface area contributed by atoms with Gasteiger partial charge in [-0.05, 0) is 6.08 Å². The third-order valence-electron chi connectivity index (χ3n) is 0.847. The highest BCUT2D eigenvalue weighted by Crippen LogP contribution is 2.03. The van der Waals surface area contributed by atoms with Crippen molar-refractivity contribution >= 4 is 40.6 Å². The van der Waals surface area contributed by atoms with E-state index in [0.717, 1.165) is 0 Å². The van der Waals surface area contributed by atoms with Crippen LogP contribution in [0.2, 0.25) is 0 Å². The number of rotatable bonds is 4. The highest BCUT2D eigenvalue weighted by molar-refractivity contribution is 6.30. The van der Waals surface area contributed by atoms with Gasteiger partial charge in [0.1, 0.15) is 11.0 Å². The Balaban J connectivity index is 3.96. The molecule has 0 radical (unpaired) electrons. The van der Waals surface area contributed by atoms with Crippen LogP contribution in [0, 0.1) is 0 Å². The minimum atomic E-state index is 0.308. The van der Waals surface area contributed by atoms with Crippen LogP contribution in [0.1, 0.15) is 6.42 Å². The molecule has 0 saturated heterocycles. The molecule has 0 aliphatic rings. The summed E-state index contributed by atoms with van der Waals surface area (Å²) >= 11 is 16.3. The molecule has 0 aromatic heterocycles. The first-order chi connectivity index (χ1) is 5.20. The second kappa shape index (κ2) is 6.77. The Morgan fingerprint density at radius 1 is 1.45 bits per heavy atom. The summed E-state index contributed by atoms with van der Waals surface area (Å²) in [6.07, 6.45) is 2.10. The van der Waals surface area contributed by atoms with Crippen LogP contribution >= 0.6 is 34.8 Å². The van der Waals surface area contributed by atoms with Gasteiger partial charge < -0.3 is 5.73 Å². The van der Waals surface area contributed by atoms with E-state index in [1.807, 2.05) is 0 Å². The zero-order valence-corrected chi connectivity index (χ0v) is 8.12. The molecule has 64 valence electrons. The van der Waals surface area contributed by atoms with Crippen LogP contribution in [-0.4, -0.2) is 17.6 Å². The molecule has 0 aliphatic heterocycles. The summed E-state index contributed by atoms with van der Waals surface area (Å²) < 4.78 is 0. The summed E-state index contributed by atoms with van der Waals surface area (Å²) in [7, 11) is 0. The van der Waals surface area contributed by atoms with Crippen molar-refractivity contribution in [2.45, 2.75) is 6.42 Å². The van der Waals surface area contributed by atoms with Crippen molar-refractivity contribution in [1.29, 1.82) is 0 Å². The van der Waals surface area contributed by atoms with Crippen LogP contribution in [0.15, 0.2) is 16.2 Å². The number of alkyl halides is 2. The van der Waals surface area contributed by atoms with E-state index in [-0.39, 0.29) is 0 Å². The average Bonchev–Trinajstić information content (AvgIpc) is 1.87. The van der Waals surface area contributed by atoms with Crippen molar-refractivity contribution in [2.24, 2.45) is 10.7 Å². The van der Waals surface area contributed by atoms with E-state index in [1.165, 1.54) is 0 Å². The number of halogens is 3. The van der Waals surface area contributed by atoms with Crippen molar-refractivity contribution in [3.63, 3.8) is 0 Å². The van der Waals surface area contributed by atoms with Gasteiger partial charge in [-0.25, -0.2) is 4.99 Å². The first-order valence-electron chi connectivity index (χ1n) is 3.01. The molecule has 0 fully saturated rings. The lowest BCUT2D eigenvalue weighted by Gasteiger charge is -1.94. The Kier molecular flexibility index (Phi) is 6.82. The van der Waals surface area contributed by atoms with Crippen molar-refractivity contribution in [1.82, 2.24) is 0 Å². The molecule has 0 saturated carbocycles. The van der Waals surface area contributed by atoms with Crippen LogP contribution in [-0.2, 0) is 0 Å². The van der Waals surface area contributed by atoms with E-state index in [0.29, 0.717) is 29.2 Å². The molecule has 2 N–H and O–H groups in total. The number of aliphatic imine (C=N–C) groups is 1. The van der Waals surface area contributed by atoms with Gasteiger partial charge in [-0.1, -0.05) is 11.6 Å². The van der Waals surface area contributed by atoms with Gasteiger partial charge in [-0.2, -0.15) is 0 Å². The zero-order chi connectivity index (χ0) is 8.69. The minimum Gasteiger partial charge on any atom is -0.387 e. The van der Waals surface area contributed by atoms with Crippen molar-refractivity contribution in [3.05, 3.63) is 11.2 Å². The molecular formula is C6H9Cl3N2. The van der Waals surface area contributed by atoms with Crippen LogP contribution in [0.3, 0.4) is 0 Å². The fraction of sp³-hybridized carbons (Fsp3) is 0.500. The molecule has 0 heterocycles. The fourth-order valence-electron chi connectivity index (χ4n) is 0.399. The number of nitrogens with two attached hydrogens (primary N) is 1. The highest BCUT2D eigenvalue weighted by Gasteiger charge is 1.91. The SMILES string of the molecule is N/C(CCCl)=N/C(Cl)=C\CCl. The van der Waals surface area contributed by atoms with Crippen LogP contribution in [0.25, 0.3) is 0 Å². The normalized spacial score (nSPS) is 13.7. The molecule has 0 aliphatic carbocycles. The van der Waals surface area contributed by atoms with E-state index in [1.54, 1.807) is 6.08 Å². The lowest BCUT2D eigenvalue weighted by atomic mass is 10.4. The number of hydrogen-bond acceptors (Lipinski definition) is 1. The maximum Gasteiger partial charge on any atom is 0.128 e. The van der Waals surface area contributed by atoms with Gasteiger partial charge in [0.2, 0.25) is 0 Å². The summed E-state index contributed by atoms with van der Waals surface area (Å²) in [5, 5.41) is 0.308. The molecule has 0 rings (SSSR count). The first kappa shape index (κ1) is 11.1. The Hall–Kier alpha value is 0.0800. The third kappa shape index (κ3) is 6.48. The minimum absolute atomic E-state index is 0.308. The predicted octanol–water partition coefficient (Wildman–Crippen LogP) is 2.29. The smallest absolute Gasteiger partial charge is 0.128 e. The lowest BCUT2D eigenvalue weighted by molar-refractivity contribution is 1.23. The molecule has 0 spiro atoms. The predicted molar refractivity (Wildman–Crippen MR) is 51.6 cm³/mol. The lowest BCUT2D eigenvalue weighted by Crippen LogP contribution is -2.11. The van der Waals surface area contributed by atoms with Gasteiger partial charge in [0, 0.05) is 18.2 Å². The van der Waals surface area contributed by atoms with Crippen molar-refractivity contribution < 1.29 is 0 Å². The molecule has 11 heavy (non-hydrogen) atoms. The summed E-state index contributed by atoms with van der Waals surface area (Å²) in [6, 6.07) is 0. The maximum atomic E-state index is 5.58. The van der Waals surface area contributed by atoms with E-state index in [9.17, 15) is 0 Å². The van der Waals surface area contributed by atoms with E-state index >= 15 is 0 Å². The van der Waals surface area contributed by atoms with Crippen molar-refractivity contribution in [2.75, 3.05) is 11.8 Å². The van der Waals surface area contributed by atoms with Gasteiger partial charge in [0.15, 0.2) is 0 Å². The molecule has 0 bridgehead atoms. The Bertz CT molecular complexity index is 165. The Labute approximate surface area is 81.0 Å². The highest BCUT2D eigenvalue weighted by atomic mass is 35.5. The molecule has 0 atom stereocenters. The maximum absolute atomic E-state index is 5.58. The summed E-state index contributed by atoms with van der Waals surface area (Å²) in [6.45, 7) is 0. The van der Waals surface area contributed by atoms with Crippen LogP contribution in [0.4, 0.5) is 0 Å². The van der Waals surface area contributed by atoms with E-state index in [4.69, 9.17) is 40.5 Å². The standard InChI is InChI=1S/C6H9Cl3N2/c7-3-1-5(9)11-6(10)2-4-8/h1H,2-4H2,(H2,10,11)/b5-1-. The van der Waals surface area contributed by atoms with Gasteiger partial charge >= 0.3 is 0 Å². The fourth-order valence-corrected chi connectivity index (χ4v) is 1.00. The quantitative estimate of drug-likeness (QED) is 0.332. The molecule has 0 aromatic rings. The third-order valence-corrected chi connectivity index (χ3v) is 1.43. The molecular weight excluding hydrogens is 206 g/mol. The molecule has 0 aromatic carbocycles. The first-order valence-corrected chi connectivity index (χ1v) is 4.46. The number of hydrogen-bond donors (Lipinski definition) is 1. The number of allylic oxidation sites excluding steroid dienone is 1. The topological polar surface area (TPSA) is 38.4 Å². The van der Waals surface area contributed by atoms with E-state index < -0.39 is 0 Å². The summed E-state index contributed by atoms with van der Waals surface area (Å²) in [5.74, 6) is 1.20. The summed E-state index contributed by atoms with van der Waals surface area (Å²) in [5.41, 5.74) is 5.41. The zero-order valence-electron chi connectivity index (χ0n) is 5.86. The largest absolute Gasteiger partial charge is 0.387 e. The Morgan fingerprint density at radius 3 is 2.55 bits per heavy atom. The van der Waals surface area contributed by atoms with Crippen LogP contribution in [0.5, 0.6) is 0 Å². The van der Waals surface area contributed by atoms with Crippen LogP contribution < -0.4 is 5.73 Å². The van der Waals surface area contributed by atoms with Crippen molar-refractivity contribution in [3.8, 4) is 0 Å². The average molecular weight is 216 g/mol. The van der Waals surface area contributed by atoms with Gasteiger partial charge in [0.05, 0.1) is 0 Å². The number of amidine groups is 1. The Morgan fingerprint density at radius 2 is 2.09 bits per heavy atom. The molecule has 0 amide bonds.